The summed E-state index contributed by atoms with van der Waals surface area (Å²) >= 11 is 0. The normalized spacial score (nSPS) is 17.3. The van der Waals surface area contributed by atoms with Crippen molar-refractivity contribution < 1.29 is 19.4 Å². The summed E-state index contributed by atoms with van der Waals surface area (Å²) in [4.78, 5) is 33.1. The average Bonchev–Trinajstić information content (AvgIpc) is 3.00. The maximum absolute atomic E-state index is 13.0. The number of nitrogens with one attached hydrogen (secondary N) is 1. The Hall–Kier alpha value is -3.71. The van der Waals surface area contributed by atoms with Crippen LogP contribution in [-0.2, 0) is 16.1 Å². The number of nitrogens with zero attached hydrogens (tertiary/aromatic N) is 2. The van der Waals surface area contributed by atoms with Gasteiger partial charge in [-0.3, -0.25) is 9.78 Å². The molecule has 1 atom stereocenters. The van der Waals surface area contributed by atoms with Crippen molar-refractivity contribution in [2.75, 3.05) is 18.0 Å². The fraction of sp³-hybridized carbons (Fsp3) is 0.486. The fourth-order valence-electron chi connectivity index (χ4n) is 7.09. The second-order valence-electron chi connectivity index (χ2n) is 13.7. The van der Waals surface area contributed by atoms with Crippen LogP contribution in [0.15, 0.2) is 54.6 Å². The molecule has 1 amide bonds. The molecule has 234 valence electrons. The number of amides is 1. The van der Waals surface area contributed by atoms with E-state index in [1.54, 1.807) is 0 Å². The van der Waals surface area contributed by atoms with Crippen LogP contribution >= 0.6 is 0 Å². The molecule has 1 aliphatic heterocycles. The zero-order valence-corrected chi connectivity index (χ0v) is 26.9. The van der Waals surface area contributed by atoms with Gasteiger partial charge in [0.1, 0.15) is 0 Å². The highest BCUT2D eigenvalue weighted by Gasteiger charge is 2.39. The number of carbonyl (C=O) groups excluding carboxylic acids is 1. The smallest absolute Gasteiger partial charge is 0.337 e. The molecule has 7 heteroatoms. The zero-order chi connectivity index (χ0) is 31.5. The largest absolute Gasteiger partial charge is 0.479 e. The molecule has 2 heterocycles. The molecular formula is C37H47N3O4. The fourth-order valence-corrected chi connectivity index (χ4v) is 7.09. The van der Waals surface area contributed by atoms with E-state index in [-0.39, 0.29) is 5.91 Å². The summed E-state index contributed by atoms with van der Waals surface area (Å²) in [7, 11) is 0. The number of carboxylic acid groups (broad SMARTS) is 1. The number of aromatic nitrogens is 1. The van der Waals surface area contributed by atoms with E-state index in [1.165, 1.54) is 32.1 Å². The Kier molecular flexibility index (Phi) is 9.45. The Morgan fingerprint density at radius 2 is 1.57 bits per heavy atom. The van der Waals surface area contributed by atoms with Gasteiger partial charge < -0.3 is 20.1 Å². The van der Waals surface area contributed by atoms with Crippen molar-refractivity contribution in [1.29, 1.82) is 0 Å². The molecule has 44 heavy (non-hydrogen) atoms. The number of piperidine rings is 1. The van der Waals surface area contributed by atoms with E-state index in [0.717, 1.165) is 54.0 Å². The lowest BCUT2D eigenvalue weighted by Gasteiger charge is -2.46. The number of rotatable bonds is 8. The molecule has 0 unspecified atom stereocenters. The maximum atomic E-state index is 13.0. The lowest BCUT2D eigenvalue weighted by molar-refractivity contribution is -0.160. The molecule has 1 aromatic heterocycles. The number of hydrogen-bond donors (Lipinski definition) is 2. The standard InChI is InChI=1S/C37H47N3O4/c1-25-30(28-14-16-29(17-15-28)34(41)38-24-27-12-8-6-9-13-27)32(40-22-20-37(21-23-40)18-10-7-11-19-37)31(26(2)39-25)33(35(42)43)44-36(3,4)5/h6,8-9,12-17,33H,7,10-11,18-24H2,1-5H3,(H,38,41)(H,42,43)/t33-/m0/s1. The Morgan fingerprint density at radius 3 is 2.16 bits per heavy atom. The van der Waals surface area contributed by atoms with Crippen LogP contribution in [0.2, 0.25) is 0 Å². The molecule has 1 saturated carbocycles. The topological polar surface area (TPSA) is 91.8 Å². The van der Waals surface area contributed by atoms with Crippen LogP contribution < -0.4 is 10.2 Å². The molecule has 1 aliphatic carbocycles. The summed E-state index contributed by atoms with van der Waals surface area (Å²) in [5.74, 6) is -1.16. The minimum absolute atomic E-state index is 0.140. The Morgan fingerprint density at radius 1 is 0.932 bits per heavy atom. The molecule has 3 aromatic rings. The summed E-state index contributed by atoms with van der Waals surface area (Å²) in [6.07, 6.45) is 7.54. The zero-order valence-electron chi connectivity index (χ0n) is 26.9. The van der Waals surface area contributed by atoms with Gasteiger partial charge in [-0.15, -0.1) is 0 Å². The van der Waals surface area contributed by atoms with Gasteiger partial charge in [0.15, 0.2) is 6.10 Å². The highest BCUT2D eigenvalue weighted by molar-refractivity contribution is 5.95. The predicted octanol–water partition coefficient (Wildman–Crippen LogP) is 7.79. The quantitative estimate of drug-likeness (QED) is 0.275. The molecule has 0 bridgehead atoms. The van der Waals surface area contributed by atoms with E-state index >= 15 is 0 Å². The van der Waals surface area contributed by atoms with Gasteiger partial charge in [-0.25, -0.2) is 4.79 Å². The van der Waals surface area contributed by atoms with Crippen LogP contribution in [0.1, 0.15) is 105 Å². The van der Waals surface area contributed by atoms with Gasteiger partial charge in [0.25, 0.3) is 5.91 Å². The third-order valence-electron chi connectivity index (χ3n) is 9.32. The Balaban J connectivity index is 1.53. The number of hydrogen-bond acceptors (Lipinski definition) is 5. The lowest BCUT2D eigenvalue weighted by atomic mass is 9.68. The molecule has 5 rings (SSSR count). The van der Waals surface area contributed by atoms with E-state index in [0.29, 0.717) is 28.8 Å². The molecule has 2 aromatic carbocycles. The van der Waals surface area contributed by atoms with Crippen LogP contribution in [0.4, 0.5) is 5.69 Å². The van der Waals surface area contributed by atoms with Gasteiger partial charge >= 0.3 is 5.97 Å². The van der Waals surface area contributed by atoms with Gasteiger partial charge in [-0.1, -0.05) is 61.7 Å². The van der Waals surface area contributed by atoms with Crippen molar-refractivity contribution in [3.8, 4) is 11.1 Å². The van der Waals surface area contributed by atoms with Crippen LogP contribution in [0.25, 0.3) is 11.1 Å². The summed E-state index contributed by atoms with van der Waals surface area (Å²) in [5, 5.41) is 13.5. The van der Waals surface area contributed by atoms with Crippen molar-refractivity contribution in [3.05, 3.63) is 82.7 Å². The van der Waals surface area contributed by atoms with Crippen LogP contribution in [0, 0.1) is 19.3 Å². The first kappa shape index (κ1) is 31.7. The molecule has 2 aliphatic rings. The summed E-state index contributed by atoms with van der Waals surface area (Å²) in [5.41, 5.74) is 6.19. The number of carbonyl (C=O) groups is 2. The van der Waals surface area contributed by atoms with Gasteiger partial charge in [-0.2, -0.15) is 0 Å². The number of pyridine rings is 1. The highest BCUT2D eigenvalue weighted by Crippen LogP contribution is 2.48. The van der Waals surface area contributed by atoms with Crippen LogP contribution in [-0.4, -0.2) is 40.7 Å². The second-order valence-corrected chi connectivity index (χ2v) is 13.7. The van der Waals surface area contributed by atoms with Gasteiger partial charge in [0.2, 0.25) is 0 Å². The van der Waals surface area contributed by atoms with E-state index in [4.69, 9.17) is 9.72 Å². The van der Waals surface area contributed by atoms with Crippen molar-refractivity contribution in [1.82, 2.24) is 10.3 Å². The second kappa shape index (κ2) is 13.1. The number of aryl methyl sites for hydroxylation is 2. The molecule has 0 radical (unpaired) electrons. The van der Waals surface area contributed by atoms with Crippen molar-refractivity contribution in [3.63, 3.8) is 0 Å². The molecule has 2 fully saturated rings. The number of benzene rings is 2. The van der Waals surface area contributed by atoms with E-state index in [9.17, 15) is 14.7 Å². The molecule has 7 nitrogen and oxygen atoms in total. The van der Waals surface area contributed by atoms with Crippen LogP contribution in [0.3, 0.4) is 0 Å². The minimum Gasteiger partial charge on any atom is -0.479 e. The summed E-state index contributed by atoms with van der Waals surface area (Å²) in [6.45, 7) is 11.7. The SMILES string of the molecule is Cc1nc(C)c([C@H](OC(C)(C)C)C(=O)O)c(N2CCC3(CCCCC3)CC2)c1-c1ccc(C(=O)NCc2ccccc2)cc1. The van der Waals surface area contributed by atoms with Crippen molar-refractivity contribution >= 4 is 17.6 Å². The number of aliphatic carboxylic acids is 1. The molecule has 2 N–H and O–H groups in total. The Bertz CT molecular complexity index is 1460. The third kappa shape index (κ3) is 7.15. The number of ether oxygens (including phenoxy) is 1. The number of carboxylic acids is 1. The van der Waals surface area contributed by atoms with E-state index in [1.807, 2.05) is 89.2 Å². The third-order valence-corrected chi connectivity index (χ3v) is 9.32. The minimum atomic E-state index is -1.16. The van der Waals surface area contributed by atoms with Crippen molar-refractivity contribution in [2.45, 2.75) is 97.8 Å². The monoisotopic (exact) mass is 597 g/mol. The predicted molar refractivity (Wildman–Crippen MR) is 175 cm³/mol. The summed E-state index contributed by atoms with van der Waals surface area (Å²) in [6, 6.07) is 17.4. The molecule has 1 spiro atoms. The molecular weight excluding hydrogens is 550 g/mol. The van der Waals surface area contributed by atoms with E-state index in [2.05, 4.69) is 10.2 Å². The maximum Gasteiger partial charge on any atom is 0.337 e. The van der Waals surface area contributed by atoms with Gasteiger partial charge in [0.05, 0.1) is 11.3 Å². The first-order valence-electron chi connectivity index (χ1n) is 16.1. The van der Waals surface area contributed by atoms with Crippen molar-refractivity contribution in [2.24, 2.45) is 5.41 Å². The highest BCUT2D eigenvalue weighted by atomic mass is 16.5. The van der Waals surface area contributed by atoms with E-state index < -0.39 is 17.7 Å². The Labute approximate surface area is 262 Å². The van der Waals surface area contributed by atoms with Gasteiger partial charge in [0, 0.05) is 47.7 Å². The first-order chi connectivity index (χ1) is 21.0. The average molecular weight is 598 g/mol. The molecule has 1 saturated heterocycles. The first-order valence-corrected chi connectivity index (χ1v) is 16.1. The van der Waals surface area contributed by atoms with Gasteiger partial charge in [-0.05, 0) is 89.0 Å². The lowest BCUT2D eigenvalue weighted by Crippen LogP contribution is -2.42. The number of anilines is 1. The van der Waals surface area contributed by atoms with Crippen LogP contribution in [0.5, 0.6) is 0 Å². The summed E-state index contributed by atoms with van der Waals surface area (Å²) < 4.78 is 6.23.